The molecule has 2 rings (SSSR count). The molecule has 3 N–H and O–H groups in total. The van der Waals surface area contributed by atoms with Crippen LogP contribution in [-0.2, 0) is 9.59 Å². The van der Waals surface area contributed by atoms with E-state index in [1.807, 2.05) is 4.90 Å². The summed E-state index contributed by atoms with van der Waals surface area (Å²) in [6, 6.07) is 0. The molecule has 0 aromatic carbocycles. The number of amides is 2. The molecule has 2 aliphatic rings. The Hall–Kier alpha value is -1.10. The van der Waals surface area contributed by atoms with Crippen LogP contribution in [0.2, 0.25) is 0 Å². The molecule has 1 saturated heterocycles. The van der Waals surface area contributed by atoms with Crippen molar-refractivity contribution in [3.05, 3.63) is 0 Å². The zero-order valence-corrected chi connectivity index (χ0v) is 12.3. The van der Waals surface area contributed by atoms with Crippen LogP contribution in [-0.4, -0.2) is 42.9 Å². The highest BCUT2D eigenvalue weighted by Gasteiger charge is 2.27. The molecule has 0 aromatic rings. The van der Waals surface area contributed by atoms with Gasteiger partial charge in [0, 0.05) is 19.0 Å². The molecule has 114 valence electrons. The van der Waals surface area contributed by atoms with Crippen molar-refractivity contribution >= 4 is 11.8 Å². The van der Waals surface area contributed by atoms with E-state index in [9.17, 15) is 9.59 Å². The monoisotopic (exact) mass is 281 g/mol. The van der Waals surface area contributed by atoms with E-state index in [2.05, 4.69) is 5.32 Å². The van der Waals surface area contributed by atoms with E-state index in [1.54, 1.807) is 0 Å². The highest BCUT2D eigenvalue weighted by molar-refractivity contribution is 5.85. The van der Waals surface area contributed by atoms with Crippen LogP contribution in [0.15, 0.2) is 0 Å². The summed E-state index contributed by atoms with van der Waals surface area (Å²) >= 11 is 0. The smallest absolute Gasteiger partial charge is 0.241 e. The quantitative estimate of drug-likeness (QED) is 0.803. The number of rotatable bonds is 4. The predicted octanol–water partition coefficient (Wildman–Crippen LogP) is 0.880. The summed E-state index contributed by atoms with van der Waals surface area (Å²) in [5, 5.41) is 2.82. The van der Waals surface area contributed by atoms with Gasteiger partial charge in [-0.3, -0.25) is 9.59 Å². The Bertz CT molecular complexity index is 340. The zero-order chi connectivity index (χ0) is 14.4. The lowest BCUT2D eigenvalue weighted by molar-refractivity contribution is -0.135. The molecule has 0 spiro atoms. The minimum Gasteiger partial charge on any atom is -0.347 e. The molecular weight excluding hydrogens is 254 g/mol. The van der Waals surface area contributed by atoms with Crippen molar-refractivity contribution in [1.29, 1.82) is 0 Å². The van der Waals surface area contributed by atoms with Gasteiger partial charge in [-0.1, -0.05) is 6.42 Å². The molecule has 5 nitrogen and oxygen atoms in total. The number of piperidine rings is 1. The van der Waals surface area contributed by atoms with Crippen molar-refractivity contribution in [3.8, 4) is 0 Å². The lowest BCUT2D eigenvalue weighted by Gasteiger charge is -2.29. The van der Waals surface area contributed by atoms with E-state index >= 15 is 0 Å². The lowest BCUT2D eigenvalue weighted by atomic mass is 9.81. The minimum absolute atomic E-state index is 0.0357. The van der Waals surface area contributed by atoms with E-state index in [-0.39, 0.29) is 24.3 Å². The second kappa shape index (κ2) is 7.62. The van der Waals surface area contributed by atoms with Crippen LogP contribution in [0.1, 0.15) is 44.9 Å². The van der Waals surface area contributed by atoms with Crippen LogP contribution in [0.4, 0.5) is 0 Å². The fraction of sp³-hybridized carbons (Fsp3) is 0.867. The van der Waals surface area contributed by atoms with E-state index in [0.29, 0.717) is 12.5 Å². The molecule has 2 unspecified atom stereocenters. The first-order valence-corrected chi connectivity index (χ1v) is 7.96. The number of nitrogens with zero attached hydrogens (tertiary/aromatic N) is 1. The SMILES string of the molecule is NCC1CCCC(C(=O)NCC(=O)N2CCCCC2)C1. The fourth-order valence-corrected chi connectivity index (χ4v) is 3.31. The van der Waals surface area contributed by atoms with Gasteiger partial charge >= 0.3 is 0 Å². The van der Waals surface area contributed by atoms with Crippen LogP contribution < -0.4 is 11.1 Å². The van der Waals surface area contributed by atoms with Crippen molar-refractivity contribution < 1.29 is 9.59 Å². The summed E-state index contributed by atoms with van der Waals surface area (Å²) in [7, 11) is 0. The van der Waals surface area contributed by atoms with Gasteiger partial charge in [0.05, 0.1) is 6.54 Å². The van der Waals surface area contributed by atoms with Gasteiger partial charge in [-0.2, -0.15) is 0 Å². The molecule has 0 bridgehead atoms. The van der Waals surface area contributed by atoms with Crippen LogP contribution in [0, 0.1) is 11.8 Å². The van der Waals surface area contributed by atoms with Crippen LogP contribution in [0.3, 0.4) is 0 Å². The second-order valence-electron chi connectivity index (χ2n) is 6.12. The molecule has 1 heterocycles. The summed E-state index contributed by atoms with van der Waals surface area (Å²) in [6.07, 6.45) is 7.38. The largest absolute Gasteiger partial charge is 0.347 e. The first kappa shape index (κ1) is 15.3. The van der Waals surface area contributed by atoms with E-state index in [4.69, 9.17) is 5.73 Å². The molecule has 2 atom stereocenters. The molecule has 0 radical (unpaired) electrons. The van der Waals surface area contributed by atoms with Crippen molar-refractivity contribution in [3.63, 3.8) is 0 Å². The normalized spacial score (nSPS) is 27.1. The standard InChI is InChI=1S/C15H27N3O2/c16-10-12-5-4-6-13(9-12)15(20)17-11-14(19)18-7-2-1-3-8-18/h12-13H,1-11,16H2,(H,17,20). The number of hydrogen-bond acceptors (Lipinski definition) is 3. The van der Waals surface area contributed by atoms with Crippen molar-refractivity contribution in [2.75, 3.05) is 26.2 Å². The molecule has 2 amide bonds. The molecule has 1 aliphatic heterocycles. The molecule has 5 heteroatoms. The van der Waals surface area contributed by atoms with E-state index in [1.165, 1.54) is 6.42 Å². The summed E-state index contributed by atoms with van der Waals surface area (Å²) in [4.78, 5) is 26.0. The summed E-state index contributed by atoms with van der Waals surface area (Å²) < 4.78 is 0. The Morgan fingerprint density at radius 2 is 1.85 bits per heavy atom. The maximum absolute atomic E-state index is 12.1. The maximum atomic E-state index is 12.1. The number of nitrogens with one attached hydrogen (secondary N) is 1. The molecule has 2 fully saturated rings. The molecule has 1 saturated carbocycles. The Kier molecular flexibility index (Phi) is 5.83. The Morgan fingerprint density at radius 1 is 1.10 bits per heavy atom. The average Bonchev–Trinajstić information content (AvgIpc) is 2.53. The highest BCUT2D eigenvalue weighted by atomic mass is 16.2. The minimum atomic E-state index is 0.0357. The molecule has 20 heavy (non-hydrogen) atoms. The third-order valence-electron chi connectivity index (χ3n) is 4.61. The third kappa shape index (κ3) is 4.20. The van der Waals surface area contributed by atoms with Gasteiger partial charge in [0.15, 0.2) is 0 Å². The third-order valence-corrected chi connectivity index (χ3v) is 4.61. The highest BCUT2D eigenvalue weighted by Crippen LogP contribution is 2.28. The number of likely N-dealkylation sites (tertiary alicyclic amines) is 1. The van der Waals surface area contributed by atoms with E-state index in [0.717, 1.165) is 51.6 Å². The summed E-state index contributed by atoms with van der Waals surface area (Å²) in [6.45, 7) is 2.50. The van der Waals surface area contributed by atoms with Crippen LogP contribution >= 0.6 is 0 Å². The number of carbonyl (C=O) groups excluding carboxylic acids is 2. The van der Waals surface area contributed by atoms with Crippen molar-refractivity contribution in [2.24, 2.45) is 17.6 Å². The van der Waals surface area contributed by atoms with Gasteiger partial charge in [-0.05, 0) is 51.0 Å². The van der Waals surface area contributed by atoms with Gasteiger partial charge in [-0.15, -0.1) is 0 Å². The Morgan fingerprint density at radius 3 is 2.55 bits per heavy atom. The van der Waals surface area contributed by atoms with Crippen LogP contribution in [0.5, 0.6) is 0 Å². The number of nitrogens with two attached hydrogens (primary N) is 1. The number of hydrogen-bond donors (Lipinski definition) is 2. The summed E-state index contributed by atoms with van der Waals surface area (Å²) in [5.74, 6) is 0.612. The van der Waals surface area contributed by atoms with Crippen LogP contribution in [0.25, 0.3) is 0 Å². The topological polar surface area (TPSA) is 75.4 Å². The van der Waals surface area contributed by atoms with Gasteiger partial charge in [0.2, 0.25) is 11.8 Å². The fourth-order valence-electron chi connectivity index (χ4n) is 3.31. The molecule has 0 aromatic heterocycles. The van der Waals surface area contributed by atoms with Crippen molar-refractivity contribution in [2.45, 2.75) is 44.9 Å². The second-order valence-corrected chi connectivity index (χ2v) is 6.12. The van der Waals surface area contributed by atoms with Gasteiger partial charge < -0.3 is 16.0 Å². The Balaban J connectivity index is 1.72. The molecule has 1 aliphatic carbocycles. The average molecular weight is 281 g/mol. The van der Waals surface area contributed by atoms with Crippen molar-refractivity contribution in [1.82, 2.24) is 10.2 Å². The van der Waals surface area contributed by atoms with Gasteiger partial charge in [0.25, 0.3) is 0 Å². The lowest BCUT2D eigenvalue weighted by Crippen LogP contribution is -2.44. The van der Waals surface area contributed by atoms with E-state index < -0.39 is 0 Å². The Labute approximate surface area is 121 Å². The zero-order valence-electron chi connectivity index (χ0n) is 12.3. The van der Waals surface area contributed by atoms with Gasteiger partial charge in [0.1, 0.15) is 0 Å². The maximum Gasteiger partial charge on any atom is 0.241 e. The molecular formula is C15H27N3O2. The first-order valence-electron chi connectivity index (χ1n) is 7.96. The number of carbonyl (C=O) groups is 2. The van der Waals surface area contributed by atoms with Gasteiger partial charge in [-0.25, -0.2) is 0 Å². The predicted molar refractivity (Wildman–Crippen MR) is 77.9 cm³/mol. The summed E-state index contributed by atoms with van der Waals surface area (Å²) in [5.41, 5.74) is 5.69. The first-order chi connectivity index (χ1) is 9.70.